The number of ether oxygens (including phenoxy) is 2. The molecule has 2 aromatic carbocycles. The van der Waals surface area contributed by atoms with Crippen molar-refractivity contribution >= 4 is 26.5 Å². The van der Waals surface area contributed by atoms with Gasteiger partial charge in [0.25, 0.3) is 11.5 Å². The number of aryl methyl sites for hydroxylation is 1. The maximum absolute atomic E-state index is 15.1. The summed E-state index contributed by atoms with van der Waals surface area (Å²) in [7, 11) is -3.89. The first-order chi connectivity index (χ1) is 20.9. The highest BCUT2D eigenvalue weighted by atomic mass is 32.2. The zero-order valence-electron chi connectivity index (χ0n) is 25.7. The van der Waals surface area contributed by atoms with Gasteiger partial charge in [-0.3, -0.25) is 9.59 Å². The Balaban J connectivity index is 1.45. The monoisotopic (exact) mass is 631 g/mol. The minimum atomic E-state index is -3.89. The molecule has 0 radical (unpaired) electrons. The number of carbonyl (C=O) groups excluding carboxylic acids is 1. The lowest BCUT2D eigenvalue weighted by atomic mass is 10.00. The van der Waals surface area contributed by atoms with Crippen LogP contribution in [0.1, 0.15) is 52.0 Å². The van der Waals surface area contributed by atoms with Crippen LogP contribution in [0.5, 0.6) is 0 Å². The Kier molecular flexibility index (Phi) is 11.3. The van der Waals surface area contributed by atoms with Crippen LogP contribution in [0, 0.1) is 5.82 Å². The van der Waals surface area contributed by atoms with Gasteiger partial charge in [0.05, 0.1) is 12.7 Å². The van der Waals surface area contributed by atoms with E-state index in [9.17, 15) is 18.0 Å². The number of sulfone groups is 1. The Hall–Kier alpha value is -3.16. The summed E-state index contributed by atoms with van der Waals surface area (Å²) in [6, 6.07) is 11.9. The molecule has 1 saturated heterocycles. The zero-order chi connectivity index (χ0) is 31.9. The van der Waals surface area contributed by atoms with Gasteiger partial charge in [0.15, 0.2) is 20.9 Å². The minimum Gasteiger partial charge on any atom is -0.377 e. The molecule has 2 heterocycles. The van der Waals surface area contributed by atoms with E-state index in [-0.39, 0.29) is 30.4 Å². The fourth-order valence-corrected chi connectivity index (χ4v) is 5.81. The SMILES string of the molecule is CC(C)OCCNCc1ccc(-c2ccc3c(=O)n(CC[C@](C)(C(=O)NOC4CCCCO4)S(C)(=O)=O)ccc3c2)c(F)c1. The van der Waals surface area contributed by atoms with Crippen LogP contribution in [0.15, 0.2) is 53.5 Å². The molecule has 2 N–H and O–H groups in total. The van der Waals surface area contributed by atoms with Crippen molar-refractivity contribution in [3.63, 3.8) is 0 Å². The van der Waals surface area contributed by atoms with Gasteiger partial charge in [0.2, 0.25) is 0 Å². The Labute approximate surface area is 257 Å². The predicted molar refractivity (Wildman–Crippen MR) is 167 cm³/mol. The number of benzene rings is 2. The van der Waals surface area contributed by atoms with Crippen molar-refractivity contribution in [3.8, 4) is 11.1 Å². The van der Waals surface area contributed by atoms with Gasteiger partial charge in [0, 0.05) is 56.1 Å². The summed E-state index contributed by atoms with van der Waals surface area (Å²) < 4.78 is 51.0. The first kappa shape index (κ1) is 33.7. The molecule has 0 spiro atoms. The minimum absolute atomic E-state index is 0.0266. The second-order valence-corrected chi connectivity index (χ2v) is 14.1. The number of nitrogens with zero attached hydrogens (tertiary/aromatic N) is 1. The fraction of sp³-hybridized carbons (Fsp3) is 0.500. The van der Waals surface area contributed by atoms with Crippen molar-refractivity contribution in [1.29, 1.82) is 0 Å². The Bertz CT molecular complexity index is 1620. The molecule has 12 heteroatoms. The lowest BCUT2D eigenvalue weighted by Gasteiger charge is -2.28. The van der Waals surface area contributed by atoms with Crippen molar-refractivity contribution in [2.45, 2.75) is 76.7 Å². The molecule has 1 aromatic heterocycles. The molecule has 240 valence electrons. The van der Waals surface area contributed by atoms with Crippen LogP contribution in [0.3, 0.4) is 0 Å². The lowest BCUT2D eigenvalue weighted by molar-refractivity contribution is -0.201. The molecule has 0 aliphatic carbocycles. The highest BCUT2D eigenvalue weighted by molar-refractivity contribution is 7.92. The first-order valence-electron chi connectivity index (χ1n) is 14.9. The van der Waals surface area contributed by atoms with Gasteiger partial charge in [-0.1, -0.05) is 18.2 Å². The Morgan fingerprint density at radius 1 is 1.18 bits per heavy atom. The van der Waals surface area contributed by atoms with E-state index in [1.54, 1.807) is 36.5 Å². The van der Waals surface area contributed by atoms with Gasteiger partial charge < -0.3 is 19.4 Å². The number of aromatic nitrogens is 1. The summed E-state index contributed by atoms with van der Waals surface area (Å²) >= 11 is 0. The highest BCUT2D eigenvalue weighted by Crippen LogP contribution is 2.27. The van der Waals surface area contributed by atoms with Crippen LogP contribution in [0.25, 0.3) is 21.9 Å². The third-order valence-corrected chi connectivity index (χ3v) is 9.96. The Morgan fingerprint density at radius 3 is 2.66 bits per heavy atom. The molecule has 44 heavy (non-hydrogen) atoms. The molecule has 4 rings (SSSR count). The van der Waals surface area contributed by atoms with E-state index >= 15 is 4.39 Å². The number of halogens is 1. The number of fused-ring (bicyclic) bond motifs is 1. The van der Waals surface area contributed by atoms with Crippen LogP contribution in [0.4, 0.5) is 4.39 Å². The number of amides is 1. The van der Waals surface area contributed by atoms with Gasteiger partial charge in [-0.25, -0.2) is 23.1 Å². The summed E-state index contributed by atoms with van der Waals surface area (Å²) in [4.78, 5) is 31.6. The van der Waals surface area contributed by atoms with Crippen LogP contribution in [-0.2, 0) is 42.0 Å². The summed E-state index contributed by atoms with van der Waals surface area (Å²) in [5.41, 5.74) is 3.76. The van der Waals surface area contributed by atoms with Crippen molar-refractivity contribution in [2.75, 3.05) is 26.0 Å². The van der Waals surface area contributed by atoms with Crippen molar-refractivity contribution in [2.24, 2.45) is 0 Å². The number of hydrogen-bond acceptors (Lipinski definition) is 8. The second kappa shape index (κ2) is 14.7. The Morgan fingerprint density at radius 2 is 1.98 bits per heavy atom. The van der Waals surface area contributed by atoms with Crippen LogP contribution >= 0.6 is 0 Å². The van der Waals surface area contributed by atoms with E-state index in [0.717, 1.165) is 24.7 Å². The van der Waals surface area contributed by atoms with Gasteiger partial charge >= 0.3 is 0 Å². The summed E-state index contributed by atoms with van der Waals surface area (Å²) in [6.07, 6.45) is 4.28. The van der Waals surface area contributed by atoms with Gasteiger partial charge in [0.1, 0.15) is 5.82 Å². The average molecular weight is 632 g/mol. The molecular formula is C32H42FN3O7S. The number of hydroxylamine groups is 1. The number of rotatable bonds is 14. The highest BCUT2D eigenvalue weighted by Gasteiger charge is 2.44. The van der Waals surface area contributed by atoms with E-state index < -0.39 is 26.8 Å². The number of hydrogen-bond donors (Lipinski definition) is 2. The van der Waals surface area contributed by atoms with Gasteiger partial charge in [-0.05, 0) is 80.8 Å². The molecular weight excluding hydrogens is 589 g/mol. The molecule has 1 unspecified atom stereocenters. The molecule has 1 fully saturated rings. The topological polar surface area (TPSA) is 125 Å². The fourth-order valence-electron chi connectivity index (χ4n) is 4.97. The number of pyridine rings is 1. The molecule has 10 nitrogen and oxygen atoms in total. The van der Waals surface area contributed by atoms with E-state index in [1.165, 1.54) is 17.6 Å². The number of carbonyl (C=O) groups is 1. The quantitative estimate of drug-likeness (QED) is 0.201. The molecule has 1 aliphatic rings. The van der Waals surface area contributed by atoms with Crippen molar-refractivity contribution < 1.29 is 31.9 Å². The maximum Gasteiger partial charge on any atom is 0.264 e. The predicted octanol–water partition coefficient (Wildman–Crippen LogP) is 4.09. The first-order valence-corrected chi connectivity index (χ1v) is 16.8. The van der Waals surface area contributed by atoms with Crippen molar-refractivity contribution in [3.05, 3.63) is 70.4 Å². The molecule has 1 amide bonds. The van der Waals surface area contributed by atoms with Gasteiger partial charge in [-0.15, -0.1) is 0 Å². The van der Waals surface area contributed by atoms with E-state index in [4.69, 9.17) is 14.3 Å². The van der Waals surface area contributed by atoms with E-state index in [2.05, 4.69) is 10.8 Å². The standard InChI is InChI=1S/C32H42FN3O7S/c1-22(2)41-18-14-34-21-23-8-10-26(28(33)19-23)24-9-11-27-25(20-24)12-15-36(30(27)37)16-13-32(3,44(4,39)40)31(38)35-43-29-7-5-6-17-42-29/h8-12,15,19-20,22,29,34H,5-7,13-14,16-18,21H2,1-4H3,(H,35,38)/t29?,32-/m1/s1. The molecule has 3 aromatic rings. The number of nitrogens with one attached hydrogen (secondary N) is 2. The van der Waals surface area contributed by atoms with Crippen molar-refractivity contribution in [1.82, 2.24) is 15.4 Å². The maximum atomic E-state index is 15.1. The van der Waals surface area contributed by atoms with E-state index in [0.29, 0.717) is 54.6 Å². The smallest absolute Gasteiger partial charge is 0.264 e. The molecule has 2 atom stereocenters. The lowest BCUT2D eigenvalue weighted by Crippen LogP contribution is -2.51. The van der Waals surface area contributed by atoms with Gasteiger partial charge in [-0.2, -0.15) is 0 Å². The summed E-state index contributed by atoms with van der Waals surface area (Å²) in [5.74, 6) is -1.19. The largest absolute Gasteiger partial charge is 0.377 e. The normalized spacial score (nSPS) is 17.1. The molecule has 1 aliphatic heterocycles. The summed E-state index contributed by atoms with van der Waals surface area (Å²) in [6.45, 7) is 7.49. The van der Waals surface area contributed by atoms with Crippen LogP contribution in [0.2, 0.25) is 0 Å². The van der Waals surface area contributed by atoms with E-state index in [1.807, 2.05) is 19.9 Å². The second-order valence-electron chi connectivity index (χ2n) is 11.6. The zero-order valence-corrected chi connectivity index (χ0v) is 26.5. The summed E-state index contributed by atoms with van der Waals surface area (Å²) in [5, 5.41) is 4.24. The third-order valence-electron chi connectivity index (χ3n) is 7.93. The van der Waals surface area contributed by atoms with Crippen LogP contribution < -0.4 is 16.4 Å². The molecule has 0 bridgehead atoms. The average Bonchev–Trinajstić information content (AvgIpc) is 2.99. The molecule has 0 saturated carbocycles. The van der Waals surface area contributed by atoms with Crippen LogP contribution in [-0.4, -0.2) is 62.0 Å². The third kappa shape index (κ3) is 8.30.